The average molecular weight is 327 g/mol. The first kappa shape index (κ1) is 13.4. The third-order valence-electron chi connectivity index (χ3n) is 2.73. The second kappa shape index (κ2) is 5.33. The Morgan fingerprint density at radius 1 is 1.39 bits per heavy atom. The van der Waals surface area contributed by atoms with E-state index in [9.17, 15) is 9.18 Å². The molecule has 4 heteroatoms. The molecule has 0 bridgehead atoms. The fourth-order valence-electron chi connectivity index (χ4n) is 1.72. The molecule has 0 saturated heterocycles. The maximum atomic E-state index is 13.4. The lowest BCUT2D eigenvalue weighted by Gasteiger charge is -2.05. The van der Waals surface area contributed by atoms with Gasteiger partial charge in [-0.1, -0.05) is 6.92 Å². The van der Waals surface area contributed by atoms with Gasteiger partial charge in [0.25, 0.3) is 0 Å². The third-order valence-corrected chi connectivity index (χ3v) is 4.50. The van der Waals surface area contributed by atoms with Crippen molar-refractivity contribution in [3.63, 3.8) is 0 Å². The number of benzene rings is 1. The quantitative estimate of drug-likeness (QED) is 0.707. The van der Waals surface area contributed by atoms with Gasteiger partial charge < -0.3 is 0 Å². The summed E-state index contributed by atoms with van der Waals surface area (Å²) in [7, 11) is 0. The number of Topliss-reactive ketones (excluding diaryl/α,β-unsaturated/α-hetero) is 1. The second-order valence-corrected chi connectivity index (χ2v) is 5.96. The molecule has 1 nitrogen and oxygen atoms in total. The van der Waals surface area contributed by atoms with Crippen LogP contribution in [0.1, 0.15) is 28.6 Å². The van der Waals surface area contributed by atoms with Gasteiger partial charge in [-0.15, -0.1) is 11.3 Å². The van der Waals surface area contributed by atoms with Crippen molar-refractivity contribution < 1.29 is 9.18 Å². The van der Waals surface area contributed by atoms with Crippen molar-refractivity contribution >= 4 is 33.0 Å². The molecule has 0 aliphatic rings. The lowest BCUT2D eigenvalue weighted by atomic mass is 10.1. The van der Waals surface area contributed by atoms with Gasteiger partial charge in [0.15, 0.2) is 5.78 Å². The summed E-state index contributed by atoms with van der Waals surface area (Å²) in [5.41, 5.74) is 1.83. The minimum atomic E-state index is -0.266. The van der Waals surface area contributed by atoms with E-state index < -0.39 is 0 Å². The fourth-order valence-corrected chi connectivity index (χ4v) is 3.16. The van der Waals surface area contributed by atoms with Crippen LogP contribution in [0.15, 0.2) is 28.7 Å². The van der Waals surface area contributed by atoms with Gasteiger partial charge in [0.05, 0.1) is 9.35 Å². The zero-order chi connectivity index (χ0) is 13.3. The zero-order valence-electron chi connectivity index (χ0n) is 10.1. The molecule has 18 heavy (non-hydrogen) atoms. The summed E-state index contributed by atoms with van der Waals surface area (Å²) in [6.07, 6.45) is 0.506. The highest BCUT2D eigenvalue weighted by molar-refractivity contribution is 9.10. The van der Waals surface area contributed by atoms with Crippen LogP contribution in [0.5, 0.6) is 0 Å². The summed E-state index contributed by atoms with van der Waals surface area (Å²) in [4.78, 5) is 13.4. The Bertz CT molecular complexity index is 604. The Hall–Kier alpha value is -1.00. The molecule has 0 aliphatic carbocycles. The second-order valence-electron chi connectivity index (χ2n) is 4.02. The molecule has 0 amide bonds. The number of ketones is 1. The van der Waals surface area contributed by atoms with E-state index in [4.69, 9.17) is 0 Å². The van der Waals surface area contributed by atoms with Crippen LogP contribution in [0.25, 0.3) is 10.4 Å². The lowest BCUT2D eigenvalue weighted by Crippen LogP contribution is -1.90. The number of rotatable bonds is 3. The van der Waals surface area contributed by atoms with E-state index in [1.54, 1.807) is 6.07 Å². The van der Waals surface area contributed by atoms with Crippen molar-refractivity contribution in [1.82, 2.24) is 0 Å². The molecule has 1 aromatic heterocycles. The fraction of sp³-hybridized carbons (Fsp3) is 0.214. The largest absolute Gasteiger partial charge is 0.293 e. The normalized spacial score (nSPS) is 10.7. The molecule has 2 aromatic rings. The number of carbonyl (C=O) groups is 1. The van der Waals surface area contributed by atoms with Gasteiger partial charge in [-0.2, -0.15) is 0 Å². The van der Waals surface area contributed by atoms with E-state index in [1.165, 1.54) is 17.4 Å². The van der Waals surface area contributed by atoms with Crippen LogP contribution in [0.3, 0.4) is 0 Å². The van der Waals surface area contributed by atoms with E-state index in [-0.39, 0.29) is 11.6 Å². The summed E-state index contributed by atoms with van der Waals surface area (Å²) >= 11 is 4.64. The van der Waals surface area contributed by atoms with Crippen molar-refractivity contribution in [3.8, 4) is 10.4 Å². The molecule has 0 spiro atoms. The topological polar surface area (TPSA) is 17.1 Å². The summed E-state index contributed by atoms with van der Waals surface area (Å²) in [6, 6.07) is 7.01. The van der Waals surface area contributed by atoms with Crippen molar-refractivity contribution in [2.75, 3.05) is 0 Å². The first-order chi connectivity index (χ1) is 8.52. The molecule has 1 heterocycles. The van der Waals surface area contributed by atoms with Gasteiger partial charge in [-0.05, 0) is 58.2 Å². The molecule has 0 radical (unpaired) electrons. The van der Waals surface area contributed by atoms with Crippen LogP contribution in [-0.4, -0.2) is 5.78 Å². The monoisotopic (exact) mass is 326 g/mol. The van der Waals surface area contributed by atoms with Gasteiger partial charge in [-0.3, -0.25) is 4.79 Å². The number of aryl methyl sites for hydroxylation is 1. The number of thiophene rings is 1. The Kier molecular flexibility index (Phi) is 3.97. The molecule has 0 fully saturated rings. The lowest BCUT2D eigenvalue weighted by molar-refractivity contribution is 0.0992. The molecule has 0 atom stereocenters. The molecule has 0 aliphatic heterocycles. The molecule has 0 unspecified atom stereocenters. The standard InChI is InChI=1S/C14H12BrFOS/c1-3-12(17)14-5-4-13(18-14)9-7-10(15)11(16)6-8(9)2/h4-7H,3H2,1-2H3. The van der Waals surface area contributed by atoms with E-state index in [1.807, 2.05) is 26.0 Å². The third kappa shape index (κ3) is 2.54. The van der Waals surface area contributed by atoms with Gasteiger partial charge >= 0.3 is 0 Å². The van der Waals surface area contributed by atoms with Gasteiger partial charge in [-0.25, -0.2) is 4.39 Å². The zero-order valence-corrected chi connectivity index (χ0v) is 12.5. The summed E-state index contributed by atoms with van der Waals surface area (Å²) in [5, 5.41) is 0. The SMILES string of the molecule is CCC(=O)c1ccc(-c2cc(Br)c(F)cc2C)s1. The maximum Gasteiger partial charge on any atom is 0.172 e. The van der Waals surface area contributed by atoms with E-state index in [0.29, 0.717) is 10.9 Å². The van der Waals surface area contributed by atoms with Crippen LogP contribution in [0, 0.1) is 12.7 Å². The number of carbonyl (C=O) groups excluding carboxylic acids is 1. The smallest absolute Gasteiger partial charge is 0.172 e. The Labute approximate surface area is 118 Å². The highest BCUT2D eigenvalue weighted by atomic mass is 79.9. The number of hydrogen-bond donors (Lipinski definition) is 0. The summed E-state index contributed by atoms with van der Waals surface area (Å²) < 4.78 is 13.8. The van der Waals surface area contributed by atoms with Crippen LogP contribution >= 0.6 is 27.3 Å². The molecule has 0 N–H and O–H groups in total. The Morgan fingerprint density at radius 3 is 2.78 bits per heavy atom. The predicted octanol–water partition coefficient (Wildman–Crippen LogP) is 5.22. The molecule has 2 rings (SSSR count). The van der Waals surface area contributed by atoms with Crippen LogP contribution in [0.4, 0.5) is 4.39 Å². The van der Waals surface area contributed by atoms with Crippen molar-refractivity contribution in [2.24, 2.45) is 0 Å². The molecule has 1 aromatic carbocycles. The van der Waals surface area contributed by atoms with E-state index >= 15 is 0 Å². The van der Waals surface area contributed by atoms with E-state index in [0.717, 1.165) is 20.9 Å². The first-order valence-corrected chi connectivity index (χ1v) is 7.23. The van der Waals surface area contributed by atoms with Crippen molar-refractivity contribution in [3.05, 3.63) is 45.0 Å². The summed E-state index contributed by atoms with van der Waals surface area (Å²) in [5.74, 6) is -0.122. The average Bonchev–Trinajstić information content (AvgIpc) is 2.82. The van der Waals surface area contributed by atoms with Gasteiger partial charge in [0.1, 0.15) is 5.82 Å². The highest BCUT2D eigenvalue weighted by Crippen LogP contribution is 2.34. The predicted molar refractivity (Wildman–Crippen MR) is 76.8 cm³/mol. The van der Waals surface area contributed by atoms with E-state index in [2.05, 4.69) is 15.9 Å². The maximum absolute atomic E-state index is 13.4. The van der Waals surface area contributed by atoms with Crippen LogP contribution in [0.2, 0.25) is 0 Å². The first-order valence-electron chi connectivity index (χ1n) is 5.62. The highest BCUT2D eigenvalue weighted by Gasteiger charge is 2.12. The molecular formula is C14H12BrFOS. The van der Waals surface area contributed by atoms with Crippen LogP contribution < -0.4 is 0 Å². The minimum Gasteiger partial charge on any atom is -0.293 e. The molecular weight excluding hydrogens is 315 g/mol. The Morgan fingerprint density at radius 2 is 2.11 bits per heavy atom. The van der Waals surface area contributed by atoms with Gasteiger partial charge in [0.2, 0.25) is 0 Å². The number of hydrogen-bond acceptors (Lipinski definition) is 2. The van der Waals surface area contributed by atoms with Crippen molar-refractivity contribution in [1.29, 1.82) is 0 Å². The van der Waals surface area contributed by atoms with Gasteiger partial charge in [0, 0.05) is 11.3 Å². The minimum absolute atomic E-state index is 0.144. The van der Waals surface area contributed by atoms with Crippen LogP contribution in [-0.2, 0) is 0 Å². The number of halogens is 2. The van der Waals surface area contributed by atoms with Crippen molar-refractivity contribution in [2.45, 2.75) is 20.3 Å². The molecule has 0 saturated carbocycles. The summed E-state index contributed by atoms with van der Waals surface area (Å²) in [6.45, 7) is 3.72. The Balaban J connectivity index is 2.46. The molecule has 94 valence electrons.